The Kier molecular flexibility index (Phi) is 6.12. The molecule has 180 valence electrons. The third kappa shape index (κ3) is 3.95. The average Bonchev–Trinajstić information content (AvgIpc) is 3.21. The van der Waals surface area contributed by atoms with Crippen LogP contribution < -0.4 is 14.9 Å². The van der Waals surface area contributed by atoms with E-state index in [-0.39, 0.29) is 11.1 Å². The van der Waals surface area contributed by atoms with E-state index >= 15 is 0 Å². The lowest BCUT2D eigenvalue weighted by molar-refractivity contribution is -0.136. The number of benzene rings is 3. The van der Waals surface area contributed by atoms with Crippen LogP contribution in [0.2, 0.25) is 0 Å². The van der Waals surface area contributed by atoms with Gasteiger partial charge in [-0.15, -0.1) is 0 Å². The number of aromatic nitrogens is 1. The molecule has 0 saturated heterocycles. The van der Waals surface area contributed by atoms with E-state index in [1.54, 1.807) is 31.2 Å². The Hall–Kier alpha value is -4.30. The molecule has 0 radical (unpaired) electrons. The minimum Gasteiger partial charge on any atom is -0.466 e. The van der Waals surface area contributed by atoms with E-state index in [0.717, 1.165) is 16.3 Å². The summed E-state index contributed by atoms with van der Waals surface area (Å²) in [5.41, 5.74) is 2.42. The van der Waals surface area contributed by atoms with E-state index in [1.807, 2.05) is 48.5 Å². The third-order valence-electron chi connectivity index (χ3n) is 6.18. The highest BCUT2D eigenvalue weighted by molar-refractivity contribution is 7.07. The van der Waals surface area contributed by atoms with Gasteiger partial charge < -0.3 is 9.47 Å². The van der Waals surface area contributed by atoms with E-state index in [1.165, 1.54) is 30.1 Å². The summed E-state index contributed by atoms with van der Waals surface area (Å²) in [6, 6.07) is 19.8. The van der Waals surface area contributed by atoms with Crippen molar-refractivity contribution in [1.29, 1.82) is 0 Å². The van der Waals surface area contributed by atoms with Crippen LogP contribution in [0, 0.1) is 0 Å². The Morgan fingerprint density at radius 2 is 1.64 bits per heavy atom. The van der Waals surface area contributed by atoms with Crippen LogP contribution in [-0.4, -0.2) is 30.7 Å². The molecule has 3 aromatic carbocycles. The van der Waals surface area contributed by atoms with Gasteiger partial charge in [0.05, 0.1) is 41.6 Å². The Balaban J connectivity index is 1.73. The van der Waals surface area contributed by atoms with E-state index in [9.17, 15) is 14.4 Å². The maximum atomic E-state index is 13.8. The highest BCUT2D eigenvalue weighted by atomic mass is 32.1. The summed E-state index contributed by atoms with van der Waals surface area (Å²) in [7, 11) is 2.61. The molecule has 0 aliphatic carbocycles. The first-order chi connectivity index (χ1) is 17.4. The third-order valence-corrected chi connectivity index (χ3v) is 7.17. The van der Waals surface area contributed by atoms with Crippen molar-refractivity contribution in [3.8, 4) is 0 Å². The minimum atomic E-state index is -0.755. The van der Waals surface area contributed by atoms with Crippen molar-refractivity contribution in [1.82, 2.24) is 4.57 Å². The quantitative estimate of drug-likeness (QED) is 0.403. The van der Waals surface area contributed by atoms with Crippen LogP contribution in [0.5, 0.6) is 0 Å². The molecular weight excluding hydrogens is 476 g/mol. The molecule has 1 atom stereocenters. The molecule has 0 bridgehead atoms. The van der Waals surface area contributed by atoms with Crippen LogP contribution in [-0.2, 0) is 14.3 Å². The van der Waals surface area contributed by atoms with Crippen molar-refractivity contribution in [3.05, 3.63) is 114 Å². The molecule has 2 heterocycles. The molecule has 0 saturated carbocycles. The van der Waals surface area contributed by atoms with Crippen molar-refractivity contribution in [2.75, 3.05) is 14.2 Å². The number of ether oxygens (including phenoxy) is 2. The molecule has 0 spiro atoms. The zero-order valence-corrected chi connectivity index (χ0v) is 20.7. The molecule has 7 nitrogen and oxygen atoms in total. The maximum Gasteiger partial charge on any atom is 0.338 e. The second-order valence-electron chi connectivity index (χ2n) is 8.26. The van der Waals surface area contributed by atoms with E-state index in [0.29, 0.717) is 26.2 Å². The van der Waals surface area contributed by atoms with Gasteiger partial charge in [-0.05, 0) is 47.0 Å². The number of esters is 2. The van der Waals surface area contributed by atoms with Gasteiger partial charge in [-0.2, -0.15) is 0 Å². The molecule has 36 heavy (non-hydrogen) atoms. The van der Waals surface area contributed by atoms with Gasteiger partial charge in [0, 0.05) is 0 Å². The van der Waals surface area contributed by atoms with Crippen molar-refractivity contribution < 1.29 is 19.1 Å². The number of methoxy groups -OCH3 is 2. The first-order valence-corrected chi connectivity index (χ1v) is 12.0. The number of rotatable bonds is 4. The van der Waals surface area contributed by atoms with Crippen molar-refractivity contribution in [3.63, 3.8) is 0 Å². The predicted octanol–water partition coefficient (Wildman–Crippen LogP) is 3.35. The molecule has 1 unspecified atom stereocenters. The number of nitrogens with zero attached hydrogens (tertiary/aromatic N) is 2. The molecule has 1 aliphatic rings. The van der Waals surface area contributed by atoms with E-state index < -0.39 is 18.0 Å². The van der Waals surface area contributed by atoms with Gasteiger partial charge in [0.2, 0.25) is 0 Å². The number of thiazole rings is 1. The fourth-order valence-electron chi connectivity index (χ4n) is 4.44. The van der Waals surface area contributed by atoms with Crippen LogP contribution in [0.1, 0.15) is 34.5 Å². The van der Waals surface area contributed by atoms with Crippen molar-refractivity contribution in [2.24, 2.45) is 4.99 Å². The van der Waals surface area contributed by atoms with Gasteiger partial charge in [0.15, 0.2) is 4.80 Å². The lowest BCUT2D eigenvalue weighted by Gasteiger charge is -2.24. The van der Waals surface area contributed by atoms with E-state index in [2.05, 4.69) is 4.99 Å². The van der Waals surface area contributed by atoms with Crippen molar-refractivity contribution in [2.45, 2.75) is 13.0 Å². The first-order valence-electron chi connectivity index (χ1n) is 11.2. The van der Waals surface area contributed by atoms with Gasteiger partial charge in [-0.3, -0.25) is 9.36 Å². The van der Waals surface area contributed by atoms with Crippen LogP contribution in [0.25, 0.3) is 16.8 Å². The first kappa shape index (κ1) is 23.4. The zero-order valence-electron chi connectivity index (χ0n) is 19.8. The molecule has 1 aromatic heterocycles. The summed E-state index contributed by atoms with van der Waals surface area (Å²) in [4.78, 5) is 43.6. The maximum absolute atomic E-state index is 13.8. The summed E-state index contributed by atoms with van der Waals surface area (Å²) in [6.07, 6.45) is 1.86. The van der Waals surface area contributed by atoms with Crippen molar-refractivity contribution >= 4 is 40.1 Å². The van der Waals surface area contributed by atoms with Gasteiger partial charge in [-0.1, -0.05) is 65.9 Å². The molecule has 0 N–H and O–H groups in total. The molecular formula is C28H22N2O5S. The number of carbonyl (C=O) groups excluding carboxylic acids is 2. The topological polar surface area (TPSA) is 87.0 Å². The molecule has 8 heteroatoms. The van der Waals surface area contributed by atoms with Crippen LogP contribution in [0.3, 0.4) is 0 Å². The number of hydrogen-bond acceptors (Lipinski definition) is 7. The number of allylic oxidation sites excluding steroid dienone is 1. The Morgan fingerprint density at radius 1 is 0.944 bits per heavy atom. The summed E-state index contributed by atoms with van der Waals surface area (Å²) < 4.78 is 11.9. The highest BCUT2D eigenvalue weighted by Gasteiger charge is 2.33. The summed E-state index contributed by atoms with van der Waals surface area (Å²) >= 11 is 1.27. The van der Waals surface area contributed by atoms with Gasteiger partial charge in [-0.25, -0.2) is 14.6 Å². The summed E-state index contributed by atoms with van der Waals surface area (Å²) in [5.74, 6) is -1.04. The predicted molar refractivity (Wildman–Crippen MR) is 138 cm³/mol. The molecule has 0 amide bonds. The van der Waals surface area contributed by atoms with Gasteiger partial charge in [0.25, 0.3) is 5.56 Å². The molecule has 0 fully saturated rings. The SMILES string of the molecule is COC(=O)C1=C(C)N=c2s/c(=C\c3cccc4ccccc34)c(=O)n2C1c1ccc(C(=O)OC)cc1. The summed E-state index contributed by atoms with van der Waals surface area (Å²) in [6.45, 7) is 1.73. The normalized spacial score (nSPS) is 15.4. The molecule has 1 aliphatic heterocycles. The van der Waals surface area contributed by atoms with Gasteiger partial charge >= 0.3 is 11.9 Å². The molecule has 5 rings (SSSR count). The largest absolute Gasteiger partial charge is 0.466 e. The second-order valence-corrected chi connectivity index (χ2v) is 9.26. The second kappa shape index (κ2) is 9.39. The fourth-order valence-corrected chi connectivity index (χ4v) is 5.48. The Morgan fingerprint density at radius 3 is 2.36 bits per heavy atom. The monoisotopic (exact) mass is 498 g/mol. The fraction of sp³-hybridized carbons (Fsp3) is 0.143. The lowest BCUT2D eigenvalue weighted by Crippen LogP contribution is -2.39. The highest BCUT2D eigenvalue weighted by Crippen LogP contribution is 2.31. The standard InChI is InChI=1S/C28H22N2O5S/c1-16-23(27(33)35-3)24(18-11-13-19(14-12-18)26(32)34-2)30-25(31)22(36-28(30)29-16)15-20-9-6-8-17-7-4-5-10-21(17)20/h4-15,24H,1-3H3/b22-15-. The van der Waals surface area contributed by atoms with Gasteiger partial charge in [0.1, 0.15) is 0 Å². The number of fused-ring (bicyclic) bond motifs is 2. The van der Waals surface area contributed by atoms with Crippen LogP contribution in [0.15, 0.2) is 87.8 Å². The van der Waals surface area contributed by atoms with E-state index in [4.69, 9.17) is 9.47 Å². The smallest absolute Gasteiger partial charge is 0.338 e. The van der Waals surface area contributed by atoms with Crippen LogP contribution in [0.4, 0.5) is 0 Å². The Labute approximate surface area is 210 Å². The number of hydrogen-bond donors (Lipinski definition) is 0. The summed E-state index contributed by atoms with van der Waals surface area (Å²) in [5, 5.41) is 2.11. The molecule has 4 aromatic rings. The lowest BCUT2D eigenvalue weighted by atomic mass is 9.95. The zero-order chi connectivity index (χ0) is 25.4. The Bertz CT molecular complexity index is 1720. The minimum absolute atomic E-state index is 0.261. The average molecular weight is 499 g/mol. The number of carbonyl (C=O) groups is 2. The van der Waals surface area contributed by atoms with Crippen LogP contribution >= 0.6 is 11.3 Å².